The number of amides is 2. The van der Waals surface area contributed by atoms with Crippen LogP contribution >= 0.6 is 11.8 Å². The lowest BCUT2D eigenvalue weighted by atomic mass is 9.95. The number of aliphatic hydroxyl groups excluding tert-OH is 1. The van der Waals surface area contributed by atoms with E-state index in [0.717, 1.165) is 0 Å². The Morgan fingerprint density at radius 3 is 2.84 bits per heavy atom. The smallest absolute Gasteiger partial charge is 0.352 e. The molecule has 2 amide bonds. The van der Waals surface area contributed by atoms with Gasteiger partial charge in [-0.3, -0.25) is 14.5 Å². The van der Waals surface area contributed by atoms with Gasteiger partial charge in [-0.05, 0) is 24.5 Å². The number of thioether (sulfide) groups is 1. The Balaban J connectivity index is 1.69. The van der Waals surface area contributed by atoms with Gasteiger partial charge in [0, 0.05) is 5.75 Å². The van der Waals surface area contributed by atoms with E-state index in [1.807, 2.05) is 0 Å². The number of carboxylic acid groups (broad SMARTS) is 1. The normalized spacial score (nSPS) is 29.6. The van der Waals surface area contributed by atoms with Crippen molar-refractivity contribution in [1.29, 1.82) is 0 Å². The van der Waals surface area contributed by atoms with E-state index in [1.165, 1.54) is 16.7 Å². The molecule has 0 saturated carbocycles. The fourth-order valence-electron chi connectivity index (χ4n) is 3.12. The molecular formula is C16H19N3O5S. The van der Waals surface area contributed by atoms with Gasteiger partial charge in [-0.15, -0.1) is 11.8 Å². The first kappa shape index (κ1) is 17.7. The molecule has 1 saturated heterocycles. The van der Waals surface area contributed by atoms with E-state index in [2.05, 4.69) is 5.32 Å². The Labute approximate surface area is 148 Å². The van der Waals surface area contributed by atoms with E-state index in [1.54, 1.807) is 25.2 Å². The number of carbonyl (C=O) groups excluding carboxylic acids is 2. The van der Waals surface area contributed by atoms with Crippen molar-refractivity contribution >= 4 is 29.5 Å². The lowest BCUT2D eigenvalue weighted by Crippen LogP contribution is -2.71. The van der Waals surface area contributed by atoms with Crippen molar-refractivity contribution in [2.75, 3.05) is 5.75 Å². The zero-order chi connectivity index (χ0) is 18.3. The number of hydrogen-bond acceptors (Lipinski definition) is 6. The number of allylic oxidation sites excluding steroid dienone is 2. The quantitative estimate of drug-likeness (QED) is 0.383. The zero-order valence-electron chi connectivity index (χ0n) is 13.5. The fourth-order valence-corrected chi connectivity index (χ4v) is 4.42. The molecule has 2 heterocycles. The lowest BCUT2D eigenvalue weighted by Gasteiger charge is -2.49. The largest absolute Gasteiger partial charge is 0.477 e. The second-order valence-corrected chi connectivity index (χ2v) is 7.23. The van der Waals surface area contributed by atoms with E-state index >= 15 is 0 Å². The third-order valence-corrected chi connectivity index (χ3v) is 5.87. The minimum Gasteiger partial charge on any atom is -0.477 e. The van der Waals surface area contributed by atoms with E-state index < -0.39 is 41.3 Å². The van der Waals surface area contributed by atoms with Crippen LogP contribution in [0, 0.1) is 0 Å². The maximum absolute atomic E-state index is 12.4. The number of hydrogen-bond donors (Lipinski definition) is 4. The molecule has 0 bridgehead atoms. The molecule has 0 aromatic rings. The fraction of sp³-hybridized carbons (Fsp3) is 0.438. The van der Waals surface area contributed by atoms with Gasteiger partial charge in [0.2, 0.25) is 5.91 Å². The molecule has 9 heteroatoms. The highest BCUT2D eigenvalue weighted by atomic mass is 32.2. The molecule has 4 atom stereocenters. The molecule has 1 aliphatic carbocycles. The van der Waals surface area contributed by atoms with E-state index in [0.29, 0.717) is 23.3 Å². The molecule has 1 fully saturated rings. The summed E-state index contributed by atoms with van der Waals surface area (Å²) in [5.74, 6) is -1.71. The number of carbonyl (C=O) groups is 3. The number of nitrogens with one attached hydrogen (secondary N) is 1. The number of β-lactam (4-membered cyclic amide) rings is 1. The van der Waals surface area contributed by atoms with Crippen molar-refractivity contribution in [2.45, 2.75) is 36.9 Å². The Morgan fingerprint density at radius 2 is 2.20 bits per heavy atom. The number of carboxylic acids is 1. The number of rotatable bonds is 4. The monoisotopic (exact) mass is 365 g/mol. The third kappa shape index (κ3) is 2.99. The first-order valence-corrected chi connectivity index (χ1v) is 8.86. The van der Waals surface area contributed by atoms with Crippen molar-refractivity contribution in [2.24, 2.45) is 5.73 Å². The summed E-state index contributed by atoms with van der Waals surface area (Å²) in [6.45, 7) is 1.67. The van der Waals surface area contributed by atoms with Crippen molar-refractivity contribution < 1.29 is 24.6 Å². The SMILES string of the molecule is CC1=C(C(=O)O)N2C(=O)[C@@H](NC(=O)[C@H](N)C3=CCC=CC3O)[C@H]2SC1. The van der Waals surface area contributed by atoms with Gasteiger partial charge >= 0.3 is 5.97 Å². The Morgan fingerprint density at radius 1 is 1.48 bits per heavy atom. The Kier molecular flexibility index (Phi) is 4.72. The molecule has 0 spiro atoms. The number of aliphatic hydroxyl groups is 1. The van der Waals surface area contributed by atoms with Crippen LogP contribution in [0.25, 0.3) is 0 Å². The minimum absolute atomic E-state index is 0.0147. The first-order valence-electron chi connectivity index (χ1n) is 7.81. The molecule has 8 nitrogen and oxygen atoms in total. The van der Waals surface area contributed by atoms with Crippen LogP contribution in [0.2, 0.25) is 0 Å². The van der Waals surface area contributed by atoms with Crippen molar-refractivity contribution in [3.63, 3.8) is 0 Å². The molecule has 5 N–H and O–H groups in total. The molecule has 1 unspecified atom stereocenters. The highest BCUT2D eigenvalue weighted by Crippen LogP contribution is 2.40. The molecule has 0 aromatic heterocycles. The second-order valence-electron chi connectivity index (χ2n) is 6.12. The minimum atomic E-state index is -1.15. The van der Waals surface area contributed by atoms with Crippen LogP contribution in [-0.2, 0) is 14.4 Å². The average Bonchev–Trinajstić information content (AvgIpc) is 2.58. The molecular weight excluding hydrogens is 346 g/mol. The Bertz CT molecular complexity index is 729. The second kappa shape index (κ2) is 6.66. The van der Waals surface area contributed by atoms with Crippen molar-refractivity contribution in [1.82, 2.24) is 10.2 Å². The van der Waals surface area contributed by atoms with Crippen LogP contribution in [0.3, 0.4) is 0 Å². The molecule has 3 aliphatic rings. The van der Waals surface area contributed by atoms with Crippen LogP contribution in [-0.4, -0.2) is 62.2 Å². The average molecular weight is 365 g/mol. The van der Waals surface area contributed by atoms with Gasteiger partial charge in [-0.25, -0.2) is 4.79 Å². The number of aliphatic carboxylic acids is 1. The standard InChI is InChI=1S/C16H19N3O5S/c1-7-6-25-15-11(14(22)19(15)12(7)16(23)24)18-13(21)10(17)8-4-2-3-5-9(8)20/h3-5,9-11,15,20H,2,6,17H2,1H3,(H,18,21)(H,23,24)/t9?,10-,11-,15-/m1/s1. The molecule has 0 radical (unpaired) electrons. The Hall–Kier alpha value is -2.10. The molecule has 3 rings (SSSR count). The van der Waals surface area contributed by atoms with Gasteiger partial charge in [-0.2, -0.15) is 0 Å². The van der Waals surface area contributed by atoms with Gasteiger partial charge in [-0.1, -0.05) is 18.2 Å². The van der Waals surface area contributed by atoms with E-state index in [-0.39, 0.29) is 5.70 Å². The summed E-state index contributed by atoms with van der Waals surface area (Å²) in [5, 5.41) is 21.3. The van der Waals surface area contributed by atoms with Gasteiger partial charge in [0.1, 0.15) is 23.2 Å². The number of fused-ring (bicyclic) bond motifs is 1. The number of nitrogens with two attached hydrogens (primary N) is 1. The van der Waals surface area contributed by atoms with Gasteiger partial charge in [0.15, 0.2) is 0 Å². The predicted octanol–water partition coefficient (Wildman–Crippen LogP) is -0.681. The molecule has 2 aliphatic heterocycles. The van der Waals surface area contributed by atoms with Gasteiger partial charge < -0.3 is 21.3 Å². The van der Waals surface area contributed by atoms with E-state index in [9.17, 15) is 24.6 Å². The first-order chi connectivity index (χ1) is 11.8. The van der Waals surface area contributed by atoms with Crippen LogP contribution in [0.15, 0.2) is 35.1 Å². The summed E-state index contributed by atoms with van der Waals surface area (Å²) >= 11 is 1.40. The van der Waals surface area contributed by atoms with Crippen LogP contribution < -0.4 is 11.1 Å². The summed E-state index contributed by atoms with van der Waals surface area (Å²) in [7, 11) is 0. The predicted molar refractivity (Wildman–Crippen MR) is 91.2 cm³/mol. The number of nitrogens with zero attached hydrogens (tertiary/aromatic N) is 1. The van der Waals surface area contributed by atoms with Crippen LogP contribution in [0.1, 0.15) is 13.3 Å². The van der Waals surface area contributed by atoms with Crippen molar-refractivity contribution in [3.8, 4) is 0 Å². The maximum Gasteiger partial charge on any atom is 0.352 e. The third-order valence-electron chi connectivity index (χ3n) is 4.45. The molecule has 0 aromatic carbocycles. The van der Waals surface area contributed by atoms with Gasteiger partial charge in [0.05, 0.1) is 6.10 Å². The summed E-state index contributed by atoms with van der Waals surface area (Å²) in [4.78, 5) is 37.3. The lowest BCUT2D eigenvalue weighted by molar-refractivity contribution is -0.150. The van der Waals surface area contributed by atoms with Crippen LogP contribution in [0.5, 0.6) is 0 Å². The highest BCUT2D eigenvalue weighted by Gasteiger charge is 2.54. The summed E-state index contributed by atoms with van der Waals surface area (Å²) in [5.41, 5.74) is 6.90. The topological polar surface area (TPSA) is 133 Å². The van der Waals surface area contributed by atoms with E-state index in [4.69, 9.17) is 5.73 Å². The highest BCUT2D eigenvalue weighted by molar-refractivity contribution is 8.00. The van der Waals surface area contributed by atoms with Crippen molar-refractivity contribution in [3.05, 3.63) is 35.1 Å². The summed E-state index contributed by atoms with van der Waals surface area (Å²) in [6.07, 6.45) is 4.67. The zero-order valence-corrected chi connectivity index (χ0v) is 14.3. The summed E-state index contributed by atoms with van der Waals surface area (Å²) < 4.78 is 0. The van der Waals surface area contributed by atoms with Gasteiger partial charge in [0.25, 0.3) is 5.91 Å². The molecule has 25 heavy (non-hydrogen) atoms. The summed E-state index contributed by atoms with van der Waals surface area (Å²) in [6, 6.07) is -1.88. The molecule has 134 valence electrons. The van der Waals surface area contributed by atoms with Crippen LogP contribution in [0.4, 0.5) is 0 Å². The maximum atomic E-state index is 12.4.